The third kappa shape index (κ3) is 5.12. The van der Waals surface area contributed by atoms with Gasteiger partial charge in [-0.05, 0) is 75.2 Å². The van der Waals surface area contributed by atoms with Crippen molar-refractivity contribution in [2.45, 2.75) is 52.1 Å². The maximum absolute atomic E-state index is 6.10. The molecule has 3 aromatic rings. The van der Waals surface area contributed by atoms with Gasteiger partial charge in [0.05, 0.1) is 24.2 Å². The first-order chi connectivity index (χ1) is 14.2. The Hall–Kier alpha value is -2.04. The second-order valence-electron chi connectivity index (χ2n) is 7.97. The Morgan fingerprint density at radius 2 is 1.83 bits per heavy atom. The van der Waals surface area contributed by atoms with E-state index >= 15 is 0 Å². The van der Waals surface area contributed by atoms with E-state index in [1.165, 1.54) is 50.1 Å². The van der Waals surface area contributed by atoms with Crippen LogP contribution in [0.3, 0.4) is 0 Å². The summed E-state index contributed by atoms with van der Waals surface area (Å²) in [6.07, 6.45) is 6.25. The Labute approximate surface area is 178 Å². The molecular weight excluding hydrogens is 382 g/mol. The van der Waals surface area contributed by atoms with Crippen LogP contribution in [0.4, 0.5) is 0 Å². The molecule has 0 spiro atoms. The summed E-state index contributed by atoms with van der Waals surface area (Å²) in [7, 11) is 0. The Balaban J connectivity index is 1.43. The first-order valence-corrected chi connectivity index (χ1v) is 11.1. The van der Waals surface area contributed by atoms with Crippen molar-refractivity contribution >= 4 is 22.6 Å². The molecule has 1 aromatic heterocycles. The normalized spacial score (nSPS) is 15.5. The van der Waals surface area contributed by atoms with Crippen molar-refractivity contribution in [3.63, 3.8) is 0 Å². The van der Waals surface area contributed by atoms with E-state index in [-0.39, 0.29) is 0 Å². The number of rotatable bonds is 7. The number of hydrogen-bond acceptors (Lipinski definition) is 3. The van der Waals surface area contributed by atoms with Gasteiger partial charge in [0.15, 0.2) is 0 Å². The number of imidazole rings is 1. The minimum absolute atomic E-state index is 0.677. The summed E-state index contributed by atoms with van der Waals surface area (Å²) in [4.78, 5) is 7.53. The van der Waals surface area contributed by atoms with Gasteiger partial charge in [0, 0.05) is 11.6 Å². The van der Waals surface area contributed by atoms with E-state index in [0.29, 0.717) is 6.61 Å². The molecule has 154 valence electrons. The van der Waals surface area contributed by atoms with Crippen molar-refractivity contribution in [3.8, 4) is 5.75 Å². The van der Waals surface area contributed by atoms with E-state index in [1.54, 1.807) is 0 Å². The fraction of sp³-hybridized carbons (Fsp3) is 0.458. The Morgan fingerprint density at radius 1 is 1.03 bits per heavy atom. The van der Waals surface area contributed by atoms with Crippen LogP contribution in [-0.4, -0.2) is 34.1 Å². The van der Waals surface area contributed by atoms with Gasteiger partial charge in [-0.1, -0.05) is 36.6 Å². The fourth-order valence-corrected chi connectivity index (χ4v) is 4.23. The number of benzene rings is 2. The lowest BCUT2D eigenvalue weighted by Gasteiger charge is -2.20. The molecule has 0 bridgehead atoms. The van der Waals surface area contributed by atoms with Crippen LogP contribution < -0.4 is 4.74 Å². The molecule has 1 fully saturated rings. The van der Waals surface area contributed by atoms with Gasteiger partial charge in [-0.3, -0.25) is 4.90 Å². The molecule has 0 unspecified atom stereocenters. The fourth-order valence-electron chi connectivity index (χ4n) is 4.11. The van der Waals surface area contributed by atoms with Crippen LogP contribution in [0, 0.1) is 6.92 Å². The molecule has 2 heterocycles. The van der Waals surface area contributed by atoms with Crippen LogP contribution in [0.5, 0.6) is 5.75 Å². The highest BCUT2D eigenvalue weighted by Crippen LogP contribution is 2.22. The lowest BCUT2D eigenvalue weighted by atomic mass is 10.2. The van der Waals surface area contributed by atoms with Crippen molar-refractivity contribution in [2.75, 3.05) is 19.7 Å². The second kappa shape index (κ2) is 9.64. The summed E-state index contributed by atoms with van der Waals surface area (Å²) in [5.41, 5.74) is 3.36. The molecular formula is C24H30ClN3O. The first-order valence-electron chi connectivity index (χ1n) is 10.8. The number of aromatic nitrogens is 2. The molecule has 0 aliphatic carbocycles. The van der Waals surface area contributed by atoms with E-state index in [4.69, 9.17) is 21.3 Å². The second-order valence-corrected chi connectivity index (χ2v) is 8.38. The Bertz CT molecular complexity index is 944. The molecule has 29 heavy (non-hydrogen) atoms. The van der Waals surface area contributed by atoms with Crippen LogP contribution in [0.2, 0.25) is 5.02 Å². The van der Waals surface area contributed by atoms with Gasteiger partial charge >= 0.3 is 0 Å². The molecule has 1 aliphatic heterocycles. The molecule has 5 heteroatoms. The topological polar surface area (TPSA) is 30.3 Å². The third-order valence-corrected chi connectivity index (χ3v) is 6.15. The first kappa shape index (κ1) is 20.2. The molecule has 1 aliphatic rings. The molecule has 4 rings (SSSR count). The summed E-state index contributed by atoms with van der Waals surface area (Å²) in [6, 6.07) is 14.3. The average molecular weight is 412 g/mol. The van der Waals surface area contributed by atoms with Gasteiger partial charge in [-0.15, -0.1) is 0 Å². The van der Waals surface area contributed by atoms with Crippen LogP contribution in [0.1, 0.15) is 43.5 Å². The highest BCUT2D eigenvalue weighted by molar-refractivity contribution is 6.31. The largest absolute Gasteiger partial charge is 0.494 e. The lowest BCUT2D eigenvalue weighted by Crippen LogP contribution is -2.26. The number of nitrogens with zero attached hydrogens (tertiary/aromatic N) is 3. The number of hydrogen-bond donors (Lipinski definition) is 0. The van der Waals surface area contributed by atoms with E-state index in [9.17, 15) is 0 Å². The molecule has 0 saturated carbocycles. The Morgan fingerprint density at radius 3 is 2.62 bits per heavy atom. The minimum atomic E-state index is 0.677. The molecule has 2 aromatic carbocycles. The predicted octanol–water partition coefficient (Wildman–Crippen LogP) is 5.84. The molecule has 0 N–H and O–H groups in total. The van der Waals surface area contributed by atoms with Crippen molar-refractivity contribution in [2.24, 2.45) is 0 Å². The Kier molecular flexibility index (Phi) is 6.73. The number of likely N-dealkylation sites (tertiary alicyclic amines) is 1. The van der Waals surface area contributed by atoms with Crippen LogP contribution in [0.25, 0.3) is 11.0 Å². The summed E-state index contributed by atoms with van der Waals surface area (Å²) in [5, 5.41) is 0.778. The molecule has 0 atom stereocenters. The summed E-state index contributed by atoms with van der Waals surface area (Å²) >= 11 is 6.10. The molecule has 0 radical (unpaired) electrons. The zero-order valence-corrected chi connectivity index (χ0v) is 18.0. The third-order valence-electron chi connectivity index (χ3n) is 5.72. The summed E-state index contributed by atoms with van der Waals surface area (Å²) < 4.78 is 8.34. The maximum atomic E-state index is 6.10. The van der Waals surface area contributed by atoms with E-state index in [0.717, 1.165) is 41.4 Å². The maximum Gasteiger partial charge on any atom is 0.124 e. The zero-order valence-electron chi connectivity index (χ0n) is 17.2. The van der Waals surface area contributed by atoms with Gasteiger partial charge in [0.2, 0.25) is 0 Å². The monoisotopic (exact) mass is 411 g/mol. The van der Waals surface area contributed by atoms with Gasteiger partial charge in [0.25, 0.3) is 0 Å². The summed E-state index contributed by atoms with van der Waals surface area (Å²) in [6.45, 7) is 6.89. The van der Waals surface area contributed by atoms with Crippen LogP contribution >= 0.6 is 11.6 Å². The number of ether oxygens (including phenoxy) is 1. The van der Waals surface area contributed by atoms with Crippen molar-refractivity contribution < 1.29 is 4.74 Å². The number of halogens is 1. The molecule has 1 saturated heterocycles. The van der Waals surface area contributed by atoms with E-state index in [1.807, 2.05) is 25.1 Å². The number of aryl methyl sites for hydroxylation is 2. The smallest absolute Gasteiger partial charge is 0.124 e. The van der Waals surface area contributed by atoms with Crippen molar-refractivity contribution in [3.05, 3.63) is 58.9 Å². The summed E-state index contributed by atoms with van der Waals surface area (Å²) in [5.74, 6) is 2.06. The number of fused-ring (bicyclic) bond motifs is 1. The van der Waals surface area contributed by atoms with Gasteiger partial charge in [0.1, 0.15) is 11.6 Å². The SMILES string of the molecule is Cc1cc(OCCCn2c(CN3CCCCCC3)nc3ccccc32)ccc1Cl. The molecule has 0 amide bonds. The highest BCUT2D eigenvalue weighted by atomic mass is 35.5. The quantitative estimate of drug-likeness (QED) is 0.457. The van der Waals surface area contributed by atoms with Crippen LogP contribution in [-0.2, 0) is 13.1 Å². The van der Waals surface area contributed by atoms with E-state index in [2.05, 4.69) is 33.7 Å². The highest BCUT2D eigenvalue weighted by Gasteiger charge is 2.15. The van der Waals surface area contributed by atoms with E-state index < -0.39 is 0 Å². The lowest BCUT2D eigenvalue weighted by molar-refractivity contribution is 0.263. The molecule has 4 nitrogen and oxygen atoms in total. The van der Waals surface area contributed by atoms with Crippen molar-refractivity contribution in [1.82, 2.24) is 14.5 Å². The predicted molar refractivity (Wildman–Crippen MR) is 120 cm³/mol. The van der Waals surface area contributed by atoms with Gasteiger partial charge in [-0.25, -0.2) is 4.98 Å². The zero-order chi connectivity index (χ0) is 20.1. The van der Waals surface area contributed by atoms with Crippen molar-refractivity contribution in [1.29, 1.82) is 0 Å². The average Bonchev–Trinajstić information content (AvgIpc) is 2.88. The van der Waals surface area contributed by atoms with Crippen LogP contribution in [0.15, 0.2) is 42.5 Å². The standard InChI is InChI=1S/C24H30ClN3O/c1-19-17-20(11-12-21(19)25)29-16-8-15-28-23-10-5-4-9-22(23)26-24(28)18-27-13-6-2-3-7-14-27/h4-5,9-12,17H,2-3,6-8,13-16,18H2,1H3. The minimum Gasteiger partial charge on any atom is -0.494 e. The van der Waals surface area contributed by atoms with Gasteiger partial charge < -0.3 is 9.30 Å². The van der Waals surface area contributed by atoms with Gasteiger partial charge in [-0.2, -0.15) is 0 Å². The number of para-hydroxylation sites is 2.